The molecule has 1 rings (SSSR count). The largest absolute Gasteiger partial charge is 0.491 e. The van der Waals surface area contributed by atoms with Gasteiger partial charge in [-0.3, -0.25) is 4.39 Å². The number of hydrogen-bond donors (Lipinski definition) is 0. The second kappa shape index (κ2) is 7.72. The monoisotopic (exact) mass is 339 g/mol. The Bertz CT molecular complexity index is 401. The molecule has 108 valence electrons. The molecule has 19 heavy (non-hydrogen) atoms. The Balaban J connectivity index is 2.71. The smallest absolute Gasteiger partial charge is 0.267 e. The van der Waals surface area contributed by atoms with Gasteiger partial charge < -0.3 is 4.74 Å². The van der Waals surface area contributed by atoms with E-state index < -0.39 is 13.1 Å². The van der Waals surface area contributed by atoms with E-state index in [1.54, 1.807) is 0 Å². The van der Waals surface area contributed by atoms with Crippen LogP contribution in [0.25, 0.3) is 0 Å². The van der Waals surface area contributed by atoms with E-state index in [1.807, 2.05) is 13.8 Å². The molecule has 1 aromatic heterocycles. The van der Waals surface area contributed by atoms with Crippen molar-refractivity contribution in [3.05, 3.63) is 22.4 Å². The highest BCUT2D eigenvalue weighted by Gasteiger charge is 2.18. The zero-order valence-electron chi connectivity index (χ0n) is 10.9. The molecule has 2 nitrogen and oxygen atoms in total. The van der Waals surface area contributed by atoms with E-state index in [0.717, 1.165) is 0 Å². The van der Waals surface area contributed by atoms with Gasteiger partial charge in [0.2, 0.25) is 0 Å². The highest BCUT2D eigenvalue weighted by Crippen LogP contribution is 2.30. The van der Waals surface area contributed by atoms with Gasteiger partial charge in [0.25, 0.3) is 6.43 Å². The minimum atomic E-state index is -2.65. The van der Waals surface area contributed by atoms with Crippen molar-refractivity contribution in [2.45, 2.75) is 26.7 Å². The van der Waals surface area contributed by atoms with Crippen molar-refractivity contribution in [1.29, 1.82) is 0 Å². The first-order chi connectivity index (χ1) is 8.93. The lowest BCUT2D eigenvalue weighted by molar-refractivity contribution is 0.139. The van der Waals surface area contributed by atoms with Crippen LogP contribution in [0.1, 0.15) is 32.3 Å². The van der Waals surface area contributed by atoms with Crippen LogP contribution in [-0.2, 0) is 0 Å². The number of alkyl halides is 3. The van der Waals surface area contributed by atoms with E-state index in [1.165, 1.54) is 12.3 Å². The molecule has 0 aliphatic rings. The SMILES string of the molecule is CC(C)C[C@@H](CF)COc1cnc(Br)cc1C(F)F. The lowest BCUT2D eigenvalue weighted by Crippen LogP contribution is -2.17. The van der Waals surface area contributed by atoms with E-state index in [0.29, 0.717) is 16.9 Å². The molecular weight excluding hydrogens is 323 g/mol. The molecule has 6 heteroatoms. The predicted octanol–water partition coefficient (Wildman–Crippen LogP) is 4.79. The fraction of sp³-hybridized carbons (Fsp3) is 0.615. The third-order valence-corrected chi connectivity index (χ3v) is 3.03. The van der Waals surface area contributed by atoms with Gasteiger partial charge in [-0.25, -0.2) is 13.8 Å². The second-order valence-corrected chi connectivity index (χ2v) is 5.62. The third kappa shape index (κ3) is 5.38. The summed E-state index contributed by atoms with van der Waals surface area (Å²) in [4.78, 5) is 3.85. The number of hydrogen-bond acceptors (Lipinski definition) is 2. The molecule has 0 saturated carbocycles. The van der Waals surface area contributed by atoms with E-state index >= 15 is 0 Å². The van der Waals surface area contributed by atoms with Crippen LogP contribution in [0, 0.1) is 11.8 Å². The molecule has 0 radical (unpaired) electrons. The molecule has 0 aliphatic heterocycles. The summed E-state index contributed by atoms with van der Waals surface area (Å²) in [6.07, 6.45) is -0.760. The van der Waals surface area contributed by atoms with Gasteiger partial charge in [0.15, 0.2) is 0 Å². The van der Waals surface area contributed by atoms with Crippen molar-refractivity contribution in [2.75, 3.05) is 13.3 Å². The number of aromatic nitrogens is 1. The van der Waals surface area contributed by atoms with Crippen LogP contribution in [0.4, 0.5) is 13.2 Å². The topological polar surface area (TPSA) is 22.1 Å². The molecule has 1 aromatic rings. The maximum atomic E-state index is 12.8. The number of halogens is 4. The van der Waals surface area contributed by atoms with Crippen LogP contribution in [0.3, 0.4) is 0 Å². The van der Waals surface area contributed by atoms with Crippen LogP contribution in [-0.4, -0.2) is 18.3 Å². The van der Waals surface area contributed by atoms with Gasteiger partial charge in [0, 0.05) is 5.92 Å². The quantitative estimate of drug-likeness (QED) is 0.666. The van der Waals surface area contributed by atoms with E-state index in [2.05, 4.69) is 20.9 Å². The third-order valence-electron chi connectivity index (χ3n) is 2.60. The minimum absolute atomic E-state index is 0.0143. The van der Waals surface area contributed by atoms with Gasteiger partial charge in [0.05, 0.1) is 25.0 Å². The van der Waals surface area contributed by atoms with Crippen molar-refractivity contribution < 1.29 is 17.9 Å². The Labute approximate surface area is 119 Å². The van der Waals surface area contributed by atoms with E-state index in [4.69, 9.17) is 4.74 Å². The van der Waals surface area contributed by atoms with E-state index in [9.17, 15) is 13.2 Å². The molecular formula is C13H17BrF3NO. The molecule has 0 unspecified atom stereocenters. The number of rotatable bonds is 7. The summed E-state index contributed by atoms with van der Waals surface area (Å²) in [7, 11) is 0. The lowest BCUT2D eigenvalue weighted by atomic mass is 9.99. The summed E-state index contributed by atoms with van der Waals surface area (Å²) in [6.45, 7) is 3.52. The second-order valence-electron chi connectivity index (χ2n) is 4.81. The van der Waals surface area contributed by atoms with Crippen molar-refractivity contribution in [3.63, 3.8) is 0 Å². The van der Waals surface area contributed by atoms with Crippen LogP contribution < -0.4 is 4.74 Å². The highest BCUT2D eigenvalue weighted by atomic mass is 79.9. The molecule has 0 bridgehead atoms. The Morgan fingerprint density at radius 3 is 2.58 bits per heavy atom. The van der Waals surface area contributed by atoms with Crippen molar-refractivity contribution in [3.8, 4) is 5.75 Å². The van der Waals surface area contributed by atoms with Crippen LogP contribution >= 0.6 is 15.9 Å². The molecule has 0 aliphatic carbocycles. The van der Waals surface area contributed by atoms with Gasteiger partial charge in [-0.05, 0) is 34.3 Å². The summed E-state index contributed by atoms with van der Waals surface area (Å²) in [5.41, 5.74) is -0.232. The molecule has 0 fully saturated rings. The zero-order valence-corrected chi connectivity index (χ0v) is 12.5. The maximum Gasteiger partial charge on any atom is 0.267 e. The standard InChI is InChI=1S/C13H17BrF3NO/c1-8(2)3-9(5-15)7-19-11-6-18-12(14)4-10(11)13(16)17/h4,6,8-9,13H,3,5,7H2,1-2H3/t9-/m0/s1. The van der Waals surface area contributed by atoms with Crippen molar-refractivity contribution >= 4 is 15.9 Å². The van der Waals surface area contributed by atoms with Gasteiger partial charge in [0.1, 0.15) is 10.4 Å². The average Bonchev–Trinajstić information content (AvgIpc) is 2.34. The van der Waals surface area contributed by atoms with E-state index in [-0.39, 0.29) is 23.8 Å². The molecule has 0 amide bonds. The lowest BCUT2D eigenvalue weighted by Gasteiger charge is -2.17. The molecule has 1 heterocycles. The maximum absolute atomic E-state index is 12.8. The Hall–Kier alpha value is -0.780. The van der Waals surface area contributed by atoms with Gasteiger partial charge in [-0.1, -0.05) is 13.8 Å². The molecule has 0 spiro atoms. The average molecular weight is 340 g/mol. The molecule has 0 N–H and O–H groups in total. The van der Waals surface area contributed by atoms with Crippen LogP contribution in [0.15, 0.2) is 16.9 Å². The Morgan fingerprint density at radius 2 is 2.05 bits per heavy atom. The number of ether oxygens (including phenoxy) is 1. The highest BCUT2D eigenvalue weighted by molar-refractivity contribution is 9.10. The number of pyridine rings is 1. The fourth-order valence-corrected chi connectivity index (χ4v) is 2.12. The van der Waals surface area contributed by atoms with Crippen LogP contribution in [0.2, 0.25) is 0 Å². The minimum Gasteiger partial charge on any atom is -0.491 e. The fourth-order valence-electron chi connectivity index (χ4n) is 1.77. The number of nitrogens with zero attached hydrogens (tertiary/aromatic N) is 1. The summed E-state index contributed by atoms with van der Waals surface area (Å²) < 4.78 is 44.1. The predicted molar refractivity (Wildman–Crippen MR) is 71.3 cm³/mol. The molecule has 0 saturated heterocycles. The van der Waals surface area contributed by atoms with Crippen molar-refractivity contribution in [1.82, 2.24) is 4.98 Å². The van der Waals surface area contributed by atoms with Gasteiger partial charge >= 0.3 is 0 Å². The first kappa shape index (κ1) is 16.3. The summed E-state index contributed by atoms with van der Waals surface area (Å²) >= 11 is 3.03. The zero-order chi connectivity index (χ0) is 14.4. The molecule has 1 atom stereocenters. The molecule has 0 aromatic carbocycles. The normalized spacial score (nSPS) is 13.1. The first-order valence-corrected chi connectivity index (χ1v) is 6.85. The summed E-state index contributed by atoms with van der Waals surface area (Å²) in [6, 6.07) is 1.22. The van der Waals surface area contributed by atoms with Gasteiger partial charge in [-0.15, -0.1) is 0 Å². The van der Waals surface area contributed by atoms with Gasteiger partial charge in [-0.2, -0.15) is 0 Å². The first-order valence-electron chi connectivity index (χ1n) is 6.06. The Kier molecular flexibility index (Phi) is 6.62. The summed E-state index contributed by atoms with van der Waals surface area (Å²) in [5, 5.41) is 0. The summed E-state index contributed by atoms with van der Waals surface area (Å²) in [5.74, 6) is 0.0662. The van der Waals surface area contributed by atoms with Crippen molar-refractivity contribution in [2.24, 2.45) is 11.8 Å². The van der Waals surface area contributed by atoms with Crippen LogP contribution in [0.5, 0.6) is 5.75 Å². The Morgan fingerprint density at radius 1 is 1.37 bits per heavy atom.